The SMILES string of the molecule is Cc1cnccc1OCCN1CCCC1=O. The van der Waals surface area contributed by atoms with Gasteiger partial charge >= 0.3 is 0 Å². The summed E-state index contributed by atoms with van der Waals surface area (Å²) in [5.74, 6) is 1.09. The van der Waals surface area contributed by atoms with Crippen LogP contribution < -0.4 is 4.74 Å². The van der Waals surface area contributed by atoms with E-state index in [-0.39, 0.29) is 5.91 Å². The summed E-state index contributed by atoms with van der Waals surface area (Å²) >= 11 is 0. The first-order valence-corrected chi connectivity index (χ1v) is 5.58. The molecule has 1 saturated heterocycles. The average Bonchev–Trinajstić information content (AvgIpc) is 2.67. The Morgan fingerprint density at radius 1 is 1.56 bits per heavy atom. The van der Waals surface area contributed by atoms with Crippen molar-refractivity contribution >= 4 is 5.91 Å². The third-order valence-electron chi connectivity index (χ3n) is 2.76. The minimum absolute atomic E-state index is 0.245. The molecule has 1 amide bonds. The molecule has 4 nitrogen and oxygen atoms in total. The molecular weight excluding hydrogens is 204 g/mol. The van der Waals surface area contributed by atoms with Gasteiger partial charge in [0, 0.05) is 30.9 Å². The van der Waals surface area contributed by atoms with Gasteiger partial charge in [-0.3, -0.25) is 9.78 Å². The van der Waals surface area contributed by atoms with Gasteiger partial charge in [-0.2, -0.15) is 0 Å². The van der Waals surface area contributed by atoms with Gasteiger partial charge in [0.15, 0.2) is 0 Å². The molecule has 0 N–H and O–H groups in total. The minimum Gasteiger partial charge on any atom is -0.491 e. The summed E-state index contributed by atoms with van der Waals surface area (Å²) < 4.78 is 5.61. The van der Waals surface area contributed by atoms with E-state index in [4.69, 9.17) is 4.74 Å². The highest BCUT2D eigenvalue weighted by Crippen LogP contribution is 2.15. The molecule has 16 heavy (non-hydrogen) atoms. The first kappa shape index (κ1) is 10.9. The highest BCUT2D eigenvalue weighted by Gasteiger charge is 2.19. The van der Waals surface area contributed by atoms with Gasteiger partial charge in [-0.05, 0) is 19.4 Å². The van der Waals surface area contributed by atoms with Crippen LogP contribution in [0.15, 0.2) is 18.5 Å². The van der Waals surface area contributed by atoms with Crippen molar-refractivity contribution in [2.24, 2.45) is 0 Å². The Hall–Kier alpha value is -1.58. The third kappa shape index (κ3) is 2.51. The summed E-state index contributed by atoms with van der Waals surface area (Å²) in [6.45, 7) is 4.07. The number of carbonyl (C=O) groups is 1. The van der Waals surface area contributed by atoms with Crippen LogP contribution in [0.4, 0.5) is 0 Å². The molecule has 1 aliphatic rings. The molecule has 1 fully saturated rings. The number of carbonyl (C=O) groups excluding carboxylic acids is 1. The lowest BCUT2D eigenvalue weighted by Gasteiger charge is -2.16. The maximum absolute atomic E-state index is 11.3. The van der Waals surface area contributed by atoms with Crippen LogP contribution in [0.1, 0.15) is 18.4 Å². The third-order valence-corrected chi connectivity index (χ3v) is 2.76. The Morgan fingerprint density at radius 2 is 2.44 bits per heavy atom. The van der Waals surface area contributed by atoms with Gasteiger partial charge in [-0.25, -0.2) is 0 Å². The number of aromatic nitrogens is 1. The molecule has 0 saturated carbocycles. The van der Waals surface area contributed by atoms with E-state index in [9.17, 15) is 4.79 Å². The Balaban J connectivity index is 1.80. The van der Waals surface area contributed by atoms with E-state index in [2.05, 4.69) is 4.98 Å². The lowest BCUT2D eigenvalue weighted by molar-refractivity contribution is -0.128. The monoisotopic (exact) mass is 220 g/mol. The summed E-state index contributed by atoms with van der Waals surface area (Å²) in [6, 6.07) is 1.85. The molecule has 0 aliphatic carbocycles. The largest absolute Gasteiger partial charge is 0.491 e. The van der Waals surface area contributed by atoms with Crippen molar-refractivity contribution in [1.82, 2.24) is 9.88 Å². The molecular formula is C12H16N2O2. The van der Waals surface area contributed by atoms with E-state index in [0.717, 1.165) is 24.3 Å². The molecule has 0 spiro atoms. The molecule has 1 aromatic heterocycles. The molecule has 0 aromatic carbocycles. The zero-order valence-corrected chi connectivity index (χ0v) is 9.48. The standard InChI is InChI=1S/C12H16N2O2/c1-10-9-13-5-4-11(10)16-8-7-14-6-2-3-12(14)15/h4-5,9H,2-3,6-8H2,1H3. The van der Waals surface area contributed by atoms with E-state index >= 15 is 0 Å². The zero-order valence-electron chi connectivity index (χ0n) is 9.48. The van der Waals surface area contributed by atoms with Gasteiger partial charge in [0.25, 0.3) is 0 Å². The molecule has 0 bridgehead atoms. The fourth-order valence-corrected chi connectivity index (χ4v) is 1.83. The molecule has 1 aliphatic heterocycles. The predicted molar refractivity (Wildman–Crippen MR) is 60.3 cm³/mol. The number of likely N-dealkylation sites (tertiary alicyclic amines) is 1. The van der Waals surface area contributed by atoms with E-state index in [0.29, 0.717) is 19.6 Å². The van der Waals surface area contributed by atoms with Gasteiger partial charge < -0.3 is 9.64 Å². The molecule has 4 heteroatoms. The minimum atomic E-state index is 0.245. The number of hydrogen-bond donors (Lipinski definition) is 0. The van der Waals surface area contributed by atoms with Crippen molar-refractivity contribution in [3.05, 3.63) is 24.0 Å². The van der Waals surface area contributed by atoms with Crippen LogP contribution in [0.3, 0.4) is 0 Å². The van der Waals surface area contributed by atoms with E-state index in [1.165, 1.54) is 0 Å². The molecule has 0 radical (unpaired) electrons. The Morgan fingerprint density at radius 3 is 3.12 bits per heavy atom. The fourth-order valence-electron chi connectivity index (χ4n) is 1.83. The molecule has 86 valence electrons. The average molecular weight is 220 g/mol. The number of amides is 1. The lowest BCUT2D eigenvalue weighted by atomic mass is 10.3. The van der Waals surface area contributed by atoms with Crippen molar-refractivity contribution in [1.29, 1.82) is 0 Å². The first-order valence-electron chi connectivity index (χ1n) is 5.58. The summed E-state index contributed by atoms with van der Waals surface area (Å²) in [7, 11) is 0. The van der Waals surface area contributed by atoms with E-state index in [1.54, 1.807) is 12.4 Å². The number of ether oxygens (including phenoxy) is 1. The van der Waals surface area contributed by atoms with Gasteiger partial charge in [0.2, 0.25) is 5.91 Å². The predicted octanol–water partition coefficient (Wildman–Crippen LogP) is 1.39. The van der Waals surface area contributed by atoms with Crippen molar-refractivity contribution in [3.8, 4) is 5.75 Å². The van der Waals surface area contributed by atoms with Crippen LogP contribution in [0, 0.1) is 6.92 Å². The maximum atomic E-state index is 11.3. The number of rotatable bonds is 4. The summed E-state index contributed by atoms with van der Waals surface area (Å²) in [4.78, 5) is 17.2. The zero-order chi connectivity index (χ0) is 11.4. The van der Waals surface area contributed by atoms with Crippen LogP contribution in [-0.2, 0) is 4.79 Å². The molecule has 2 heterocycles. The first-order chi connectivity index (χ1) is 7.77. The van der Waals surface area contributed by atoms with E-state index in [1.807, 2.05) is 17.9 Å². The Kier molecular flexibility index (Phi) is 3.39. The number of nitrogens with zero attached hydrogens (tertiary/aromatic N) is 2. The summed E-state index contributed by atoms with van der Waals surface area (Å²) in [5, 5.41) is 0. The number of hydrogen-bond acceptors (Lipinski definition) is 3. The second-order valence-corrected chi connectivity index (χ2v) is 3.97. The highest BCUT2D eigenvalue weighted by atomic mass is 16.5. The van der Waals surface area contributed by atoms with Gasteiger partial charge in [0.1, 0.15) is 12.4 Å². The number of pyridine rings is 1. The van der Waals surface area contributed by atoms with Gasteiger partial charge in [-0.15, -0.1) is 0 Å². The molecule has 1 aromatic rings. The fraction of sp³-hybridized carbons (Fsp3) is 0.500. The Bertz CT molecular complexity index is 379. The summed E-state index contributed by atoms with van der Waals surface area (Å²) in [5.41, 5.74) is 1.02. The highest BCUT2D eigenvalue weighted by molar-refractivity contribution is 5.78. The Labute approximate surface area is 95.2 Å². The number of aryl methyl sites for hydroxylation is 1. The van der Waals surface area contributed by atoms with Crippen LogP contribution in [-0.4, -0.2) is 35.5 Å². The van der Waals surface area contributed by atoms with Crippen molar-refractivity contribution in [3.63, 3.8) is 0 Å². The van der Waals surface area contributed by atoms with Crippen molar-refractivity contribution < 1.29 is 9.53 Å². The topological polar surface area (TPSA) is 42.4 Å². The second-order valence-electron chi connectivity index (χ2n) is 3.97. The second kappa shape index (κ2) is 4.96. The van der Waals surface area contributed by atoms with Crippen molar-refractivity contribution in [2.45, 2.75) is 19.8 Å². The van der Waals surface area contributed by atoms with Gasteiger partial charge in [0.05, 0.1) is 6.54 Å². The normalized spacial score (nSPS) is 15.6. The molecule has 2 rings (SSSR count). The maximum Gasteiger partial charge on any atom is 0.222 e. The van der Waals surface area contributed by atoms with Crippen LogP contribution in [0.5, 0.6) is 5.75 Å². The van der Waals surface area contributed by atoms with Gasteiger partial charge in [-0.1, -0.05) is 0 Å². The molecule has 0 unspecified atom stereocenters. The smallest absolute Gasteiger partial charge is 0.222 e. The van der Waals surface area contributed by atoms with Crippen LogP contribution in [0.2, 0.25) is 0 Å². The summed E-state index contributed by atoms with van der Waals surface area (Å²) in [6.07, 6.45) is 5.15. The quantitative estimate of drug-likeness (QED) is 0.770. The lowest BCUT2D eigenvalue weighted by Crippen LogP contribution is -2.29. The molecule has 0 atom stereocenters. The van der Waals surface area contributed by atoms with E-state index < -0.39 is 0 Å². The van der Waals surface area contributed by atoms with Crippen LogP contribution >= 0.6 is 0 Å². The van der Waals surface area contributed by atoms with Crippen LogP contribution in [0.25, 0.3) is 0 Å². The van der Waals surface area contributed by atoms with Crippen molar-refractivity contribution in [2.75, 3.05) is 19.7 Å².